The highest BCUT2D eigenvalue weighted by Gasteiger charge is 2.07. The molecule has 2 aromatic rings. The van der Waals surface area contributed by atoms with Crippen LogP contribution in [0.15, 0.2) is 42.6 Å². The molecule has 0 fully saturated rings. The molecule has 0 saturated carbocycles. The topological polar surface area (TPSA) is 42.0 Å². The lowest BCUT2D eigenvalue weighted by Crippen LogP contribution is -2.13. The van der Waals surface area contributed by atoms with Crippen molar-refractivity contribution in [1.82, 2.24) is 4.98 Å². The Morgan fingerprint density at radius 2 is 2.05 bits per heavy atom. The number of halogens is 2. The zero-order chi connectivity index (χ0) is 13.7. The second kappa shape index (κ2) is 6.55. The minimum atomic E-state index is -0.116. The molecule has 5 heteroatoms. The van der Waals surface area contributed by atoms with Crippen molar-refractivity contribution in [2.45, 2.75) is 12.8 Å². The summed E-state index contributed by atoms with van der Waals surface area (Å²) in [7, 11) is 0. The predicted octanol–water partition coefficient (Wildman–Crippen LogP) is 3.96. The Kier molecular flexibility index (Phi) is 4.77. The molecule has 0 atom stereocenters. The summed E-state index contributed by atoms with van der Waals surface area (Å²) in [6, 6.07) is 10.6. The molecule has 19 heavy (non-hydrogen) atoms. The molecule has 98 valence electrons. The summed E-state index contributed by atoms with van der Waals surface area (Å²) in [5.41, 5.74) is 1.41. The molecule has 1 aromatic carbocycles. The van der Waals surface area contributed by atoms with Crippen LogP contribution in [0.1, 0.15) is 12.1 Å². The standard InChI is InChI=1S/C14H12Cl2N2O/c15-10-4-6-12(16)13(9-10)18-14(19)7-5-11-3-1-2-8-17-11/h1-4,6,8-9H,5,7H2,(H,18,19). The van der Waals surface area contributed by atoms with E-state index in [0.717, 1.165) is 5.69 Å². The van der Waals surface area contributed by atoms with Crippen LogP contribution >= 0.6 is 23.2 Å². The van der Waals surface area contributed by atoms with Gasteiger partial charge in [-0.2, -0.15) is 0 Å². The number of carbonyl (C=O) groups excluding carboxylic acids is 1. The van der Waals surface area contributed by atoms with E-state index in [4.69, 9.17) is 23.2 Å². The van der Waals surface area contributed by atoms with Crippen LogP contribution in [0.2, 0.25) is 10.0 Å². The van der Waals surface area contributed by atoms with Gasteiger partial charge in [0.15, 0.2) is 0 Å². The molecule has 0 radical (unpaired) electrons. The van der Waals surface area contributed by atoms with E-state index in [1.165, 1.54) is 0 Å². The van der Waals surface area contributed by atoms with Gasteiger partial charge in [-0.3, -0.25) is 9.78 Å². The number of hydrogen-bond acceptors (Lipinski definition) is 2. The average Bonchev–Trinajstić information content (AvgIpc) is 2.42. The monoisotopic (exact) mass is 294 g/mol. The van der Waals surface area contributed by atoms with Crippen molar-refractivity contribution in [2.75, 3.05) is 5.32 Å². The first-order valence-electron chi connectivity index (χ1n) is 5.80. The van der Waals surface area contributed by atoms with Gasteiger partial charge < -0.3 is 5.32 Å². The van der Waals surface area contributed by atoms with Gasteiger partial charge in [0, 0.05) is 23.3 Å². The van der Waals surface area contributed by atoms with Crippen molar-refractivity contribution in [2.24, 2.45) is 0 Å². The number of pyridine rings is 1. The molecule has 0 unspecified atom stereocenters. The third-order valence-electron chi connectivity index (χ3n) is 2.54. The van der Waals surface area contributed by atoms with E-state index in [-0.39, 0.29) is 5.91 Å². The summed E-state index contributed by atoms with van der Waals surface area (Å²) in [6.07, 6.45) is 2.64. The van der Waals surface area contributed by atoms with Crippen LogP contribution in [0.4, 0.5) is 5.69 Å². The molecule has 0 aliphatic rings. The number of amides is 1. The van der Waals surface area contributed by atoms with Crippen molar-refractivity contribution < 1.29 is 4.79 Å². The Labute approximate surface area is 121 Å². The highest BCUT2D eigenvalue weighted by Crippen LogP contribution is 2.25. The van der Waals surface area contributed by atoms with Crippen LogP contribution in [-0.4, -0.2) is 10.9 Å². The first-order chi connectivity index (χ1) is 9.15. The Bertz CT molecular complexity index is 573. The Hall–Kier alpha value is -1.58. The van der Waals surface area contributed by atoms with Crippen LogP contribution in [0.3, 0.4) is 0 Å². The first-order valence-corrected chi connectivity index (χ1v) is 6.55. The highest BCUT2D eigenvalue weighted by atomic mass is 35.5. The van der Waals surface area contributed by atoms with E-state index in [0.29, 0.717) is 28.6 Å². The summed E-state index contributed by atoms with van der Waals surface area (Å²) in [4.78, 5) is 16.0. The van der Waals surface area contributed by atoms with Crippen molar-refractivity contribution in [3.63, 3.8) is 0 Å². The van der Waals surface area contributed by atoms with Crippen molar-refractivity contribution in [1.29, 1.82) is 0 Å². The number of hydrogen-bond donors (Lipinski definition) is 1. The molecule has 3 nitrogen and oxygen atoms in total. The second-order valence-corrected chi connectivity index (χ2v) is 4.84. The first kappa shape index (κ1) is 13.8. The van der Waals surface area contributed by atoms with Gasteiger partial charge >= 0.3 is 0 Å². The molecule has 0 spiro atoms. The molecule has 2 rings (SSSR count). The number of nitrogens with zero attached hydrogens (tertiary/aromatic N) is 1. The SMILES string of the molecule is O=C(CCc1ccccn1)Nc1cc(Cl)ccc1Cl. The molecule has 0 aliphatic heterocycles. The maximum Gasteiger partial charge on any atom is 0.224 e. The van der Waals surface area contributed by atoms with E-state index >= 15 is 0 Å². The van der Waals surface area contributed by atoms with Gasteiger partial charge in [-0.15, -0.1) is 0 Å². The minimum Gasteiger partial charge on any atom is -0.325 e. The number of anilines is 1. The Morgan fingerprint density at radius 3 is 2.79 bits per heavy atom. The predicted molar refractivity (Wildman–Crippen MR) is 77.6 cm³/mol. The number of rotatable bonds is 4. The summed E-state index contributed by atoms with van der Waals surface area (Å²) in [5.74, 6) is -0.116. The maximum absolute atomic E-state index is 11.8. The average molecular weight is 295 g/mol. The number of carbonyl (C=O) groups is 1. The van der Waals surface area contributed by atoms with E-state index in [9.17, 15) is 4.79 Å². The van der Waals surface area contributed by atoms with Crippen LogP contribution in [0.5, 0.6) is 0 Å². The third-order valence-corrected chi connectivity index (χ3v) is 3.10. The van der Waals surface area contributed by atoms with Crippen molar-refractivity contribution in [3.05, 3.63) is 58.3 Å². The zero-order valence-corrected chi connectivity index (χ0v) is 11.6. The molecule has 1 heterocycles. The fraction of sp³-hybridized carbons (Fsp3) is 0.143. The Morgan fingerprint density at radius 1 is 1.21 bits per heavy atom. The molecule has 1 aromatic heterocycles. The second-order valence-electron chi connectivity index (χ2n) is 3.99. The fourth-order valence-electron chi connectivity index (χ4n) is 1.59. The van der Waals surface area contributed by atoms with Gasteiger partial charge in [-0.05, 0) is 36.8 Å². The van der Waals surface area contributed by atoms with Gasteiger partial charge in [0.1, 0.15) is 0 Å². The van der Waals surface area contributed by atoms with Crippen molar-refractivity contribution >= 4 is 34.8 Å². The van der Waals surface area contributed by atoms with Crippen LogP contribution in [0.25, 0.3) is 0 Å². The van der Waals surface area contributed by atoms with E-state index < -0.39 is 0 Å². The lowest BCUT2D eigenvalue weighted by Gasteiger charge is -2.07. The molecular formula is C14H12Cl2N2O. The maximum atomic E-state index is 11.8. The van der Waals surface area contributed by atoms with Gasteiger partial charge in [0.2, 0.25) is 5.91 Å². The number of aromatic nitrogens is 1. The van der Waals surface area contributed by atoms with Gasteiger partial charge in [-0.1, -0.05) is 29.3 Å². The van der Waals surface area contributed by atoms with E-state index in [1.54, 1.807) is 24.4 Å². The number of nitrogens with one attached hydrogen (secondary N) is 1. The van der Waals surface area contributed by atoms with Crippen molar-refractivity contribution in [3.8, 4) is 0 Å². The fourth-order valence-corrected chi connectivity index (χ4v) is 1.93. The molecule has 1 N–H and O–H groups in total. The van der Waals surface area contributed by atoms with Crippen LogP contribution in [0, 0.1) is 0 Å². The third kappa shape index (κ3) is 4.23. The molecule has 0 saturated heterocycles. The zero-order valence-electron chi connectivity index (χ0n) is 10.1. The summed E-state index contributed by atoms with van der Waals surface area (Å²) < 4.78 is 0. The highest BCUT2D eigenvalue weighted by molar-refractivity contribution is 6.35. The van der Waals surface area contributed by atoms with Gasteiger partial charge in [0.25, 0.3) is 0 Å². The van der Waals surface area contributed by atoms with Gasteiger partial charge in [-0.25, -0.2) is 0 Å². The molecule has 1 amide bonds. The normalized spacial score (nSPS) is 10.2. The lowest BCUT2D eigenvalue weighted by atomic mass is 10.2. The van der Waals surface area contributed by atoms with Gasteiger partial charge in [0.05, 0.1) is 10.7 Å². The largest absolute Gasteiger partial charge is 0.325 e. The summed E-state index contributed by atoms with van der Waals surface area (Å²) in [5, 5.41) is 3.74. The number of benzene rings is 1. The van der Waals surface area contributed by atoms with Crippen LogP contribution in [-0.2, 0) is 11.2 Å². The number of aryl methyl sites for hydroxylation is 1. The van der Waals surface area contributed by atoms with E-state index in [1.807, 2.05) is 18.2 Å². The van der Waals surface area contributed by atoms with E-state index in [2.05, 4.69) is 10.3 Å². The smallest absolute Gasteiger partial charge is 0.224 e. The Balaban J connectivity index is 1.93. The minimum absolute atomic E-state index is 0.116. The summed E-state index contributed by atoms with van der Waals surface area (Å²) >= 11 is 11.8. The summed E-state index contributed by atoms with van der Waals surface area (Å²) in [6.45, 7) is 0. The molecule has 0 bridgehead atoms. The molecular weight excluding hydrogens is 283 g/mol. The quantitative estimate of drug-likeness (QED) is 0.927. The molecule has 0 aliphatic carbocycles. The van der Waals surface area contributed by atoms with Crippen LogP contribution < -0.4 is 5.32 Å². The lowest BCUT2D eigenvalue weighted by molar-refractivity contribution is -0.116.